The molecular weight excluding hydrogens is 407 g/mol. The fourth-order valence-electron chi connectivity index (χ4n) is 2.89. The second-order valence-corrected chi connectivity index (χ2v) is 6.92. The summed E-state index contributed by atoms with van der Waals surface area (Å²) in [5.74, 6) is 0.915. The van der Waals surface area contributed by atoms with Crippen LogP contribution in [0.15, 0.2) is 29.6 Å². The van der Waals surface area contributed by atoms with E-state index < -0.39 is 0 Å². The number of nitrogens with zero attached hydrogens (tertiary/aromatic N) is 3. The van der Waals surface area contributed by atoms with Crippen LogP contribution in [0.25, 0.3) is 0 Å². The lowest BCUT2D eigenvalue weighted by atomic mass is 10.2. The Morgan fingerprint density at radius 1 is 1.19 bits per heavy atom. The fourth-order valence-corrected chi connectivity index (χ4v) is 3.54. The summed E-state index contributed by atoms with van der Waals surface area (Å²) in [6.07, 6.45) is 0. The lowest BCUT2D eigenvalue weighted by molar-refractivity contribution is 0.0623. The molecule has 1 saturated heterocycles. The number of piperazine rings is 1. The Morgan fingerprint density at radius 2 is 1.85 bits per heavy atom. The van der Waals surface area contributed by atoms with Crippen LogP contribution in [0.5, 0.6) is 5.75 Å². The molecule has 27 heavy (non-hydrogen) atoms. The molecule has 1 fully saturated rings. The molecule has 2 N–H and O–H groups in total. The summed E-state index contributed by atoms with van der Waals surface area (Å²) < 4.78 is 5.47. The Kier molecular flexibility index (Phi) is 10.0. The number of rotatable bonds is 6. The lowest BCUT2D eigenvalue weighted by Gasteiger charge is -2.34. The van der Waals surface area contributed by atoms with Crippen LogP contribution in [-0.4, -0.2) is 53.5 Å². The average Bonchev–Trinajstić information content (AvgIpc) is 3.13. The zero-order valence-corrected chi connectivity index (χ0v) is 17.7. The molecule has 2 heterocycles. The zero-order valence-electron chi connectivity index (χ0n) is 15.3. The van der Waals surface area contributed by atoms with Crippen molar-refractivity contribution in [1.29, 1.82) is 0 Å². The number of nitrogens with two attached hydrogens (primary N) is 1. The second kappa shape index (κ2) is 11.5. The maximum absolute atomic E-state index is 12.5. The van der Waals surface area contributed by atoms with Gasteiger partial charge in [-0.2, -0.15) is 0 Å². The van der Waals surface area contributed by atoms with E-state index in [1.807, 2.05) is 24.0 Å². The Balaban J connectivity index is 0.00000182. The van der Waals surface area contributed by atoms with E-state index in [1.54, 1.807) is 5.38 Å². The van der Waals surface area contributed by atoms with Gasteiger partial charge in [0.2, 0.25) is 0 Å². The topological polar surface area (TPSA) is 71.7 Å². The highest BCUT2D eigenvalue weighted by Gasteiger charge is 2.23. The summed E-state index contributed by atoms with van der Waals surface area (Å²) in [6, 6.07) is 8.23. The van der Waals surface area contributed by atoms with E-state index in [9.17, 15) is 4.79 Å². The quantitative estimate of drug-likeness (QED) is 0.759. The molecular formula is C18H26Cl2N4O2S. The monoisotopic (exact) mass is 432 g/mol. The molecule has 0 atom stereocenters. The zero-order chi connectivity index (χ0) is 17.6. The molecule has 1 aliphatic heterocycles. The minimum atomic E-state index is 0. The first kappa shape index (κ1) is 23.7. The van der Waals surface area contributed by atoms with Gasteiger partial charge in [-0.25, -0.2) is 4.98 Å². The number of aromatic nitrogens is 1. The standard InChI is InChI=1S/C18H24N4O2S.2ClH/c1-2-24-15-5-3-14(4-6-15)12-21-7-9-22(10-8-21)18(23)16-13-25-17(11-19)20-16;;/h3-6,13H,2,7-12,19H2,1H3;2*1H. The van der Waals surface area contributed by atoms with Crippen molar-refractivity contribution in [2.45, 2.75) is 20.0 Å². The van der Waals surface area contributed by atoms with E-state index in [2.05, 4.69) is 22.0 Å². The van der Waals surface area contributed by atoms with Crippen molar-refractivity contribution in [1.82, 2.24) is 14.8 Å². The average molecular weight is 433 g/mol. The summed E-state index contributed by atoms with van der Waals surface area (Å²) in [6.45, 7) is 7.13. The van der Waals surface area contributed by atoms with E-state index in [0.29, 0.717) is 18.8 Å². The van der Waals surface area contributed by atoms with Gasteiger partial charge in [-0.1, -0.05) is 12.1 Å². The van der Waals surface area contributed by atoms with E-state index in [4.69, 9.17) is 10.5 Å². The SMILES string of the molecule is CCOc1ccc(CN2CCN(C(=O)c3csc(CN)n3)CC2)cc1.Cl.Cl. The van der Waals surface area contributed by atoms with Crippen LogP contribution in [0, 0.1) is 0 Å². The molecule has 0 saturated carbocycles. The molecule has 1 aliphatic rings. The van der Waals surface area contributed by atoms with Crippen LogP contribution >= 0.6 is 36.2 Å². The first-order chi connectivity index (χ1) is 12.2. The van der Waals surface area contributed by atoms with Gasteiger partial charge in [0.05, 0.1) is 6.61 Å². The van der Waals surface area contributed by atoms with Crippen molar-refractivity contribution in [3.05, 3.63) is 45.9 Å². The van der Waals surface area contributed by atoms with Crippen LogP contribution in [0.1, 0.15) is 28.0 Å². The Bertz CT molecular complexity index is 704. The normalized spacial score (nSPS) is 14.2. The maximum atomic E-state index is 12.5. The van der Waals surface area contributed by atoms with Crippen LogP contribution in [0.2, 0.25) is 0 Å². The molecule has 3 rings (SSSR count). The highest BCUT2D eigenvalue weighted by molar-refractivity contribution is 7.09. The van der Waals surface area contributed by atoms with Gasteiger partial charge in [-0.3, -0.25) is 9.69 Å². The molecule has 6 nitrogen and oxygen atoms in total. The first-order valence-corrected chi connectivity index (χ1v) is 9.45. The molecule has 0 bridgehead atoms. The molecule has 0 radical (unpaired) electrons. The van der Waals surface area contributed by atoms with Gasteiger partial charge in [-0.15, -0.1) is 36.2 Å². The van der Waals surface area contributed by atoms with Crippen molar-refractivity contribution < 1.29 is 9.53 Å². The number of benzene rings is 1. The number of hydrogen-bond donors (Lipinski definition) is 1. The minimum absolute atomic E-state index is 0. The third-order valence-electron chi connectivity index (χ3n) is 4.25. The minimum Gasteiger partial charge on any atom is -0.494 e. The van der Waals surface area contributed by atoms with Crippen molar-refractivity contribution in [2.24, 2.45) is 5.73 Å². The largest absolute Gasteiger partial charge is 0.494 e. The van der Waals surface area contributed by atoms with Gasteiger partial charge >= 0.3 is 0 Å². The van der Waals surface area contributed by atoms with E-state index in [1.165, 1.54) is 16.9 Å². The number of halogens is 2. The highest BCUT2D eigenvalue weighted by atomic mass is 35.5. The highest BCUT2D eigenvalue weighted by Crippen LogP contribution is 2.16. The summed E-state index contributed by atoms with van der Waals surface area (Å²) in [4.78, 5) is 21.0. The number of ether oxygens (including phenoxy) is 1. The second-order valence-electron chi connectivity index (χ2n) is 5.98. The molecule has 0 spiro atoms. The lowest BCUT2D eigenvalue weighted by Crippen LogP contribution is -2.48. The number of carbonyl (C=O) groups excluding carboxylic acids is 1. The van der Waals surface area contributed by atoms with Gasteiger partial charge in [0, 0.05) is 44.6 Å². The van der Waals surface area contributed by atoms with Crippen LogP contribution in [0.4, 0.5) is 0 Å². The van der Waals surface area contributed by atoms with E-state index >= 15 is 0 Å². The van der Waals surface area contributed by atoms with E-state index in [-0.39, 0.29) is 30.7 Å². The van der Waals surface area contributed by atoms with Gasteiger partial charge in [-0.05, 0) is 24.6 Å². The number of amides is 1. The molecule has 9 heteroatoms. The summed E-state index contributed by atoms with van der Waals surface area (Å²) in [5.41, 5.74) is 7.35. The number of thiazole rings is 1. The molecule has 0 unspecified atom stereocenters. The predicted octanol–water partition coefficient (Wildman–Crippen LogP) is 2.80. The number of carbonyl (C=O) groups is 1. The van der Waals surface area contributed by atoms with Crippen molar-refractivity contribution in [2.75, 3.05) is 32.8 Å². The van der Waals surface area contributed by atoms with Gasteiger partial charge in [0.25, 0.3) is 5.91 Å². The van der Waals surface area contributed by atoms with Crippen LogP contribution in [0.3, 0.4) is 0 Å². The molecule has 0 aliphatic carbocycles. The first-order valence-electron chi connectivity index (χ1n) is 8.57. The van der Waals surface area contributed by atoms with Crippen LogP contribution in [-0.2, 0) is 13.1 Å². The smallest absolute Gasteiger partial charge is 0.273 e. The molecule has 1 aromatic heterocycles. The third-order valence-corrected chi connectivity index (χ3v) is 5.12. The Hall–Kier alpha value is -1.38. The third kappa shape index (κ3) is 6.33. The summed E-state index contributed by atoms with van der Waals surface area (Å²) in [7, 11) is 0. The molecule has 1 amide bonds. The fraction of sp³-hybridized carbons (Fsp3) is 0.444. The molecule has 2 aromatic rings. The summed E-state index contributed by atoms with van der Waals surface area (Å²) in [5, 5.41) is 2.61. The Labute approximate surface area is 176 Å². The summed E-state index contributed by atoms with van der Waals surface area (Å²) >= 11 is 1.44. The Morgan fingerprint density at radius 3 is 2.41 bits per heavy atom. The van der Waals surface area contributed by atoms with Crippen LogP contribution < -0.4 is 10.5 Å². The number of hydrogen-bond acceptors (Lipinski definition) is 6. The molecule has 1 aromatic carbocycles. The van der Waals surface area contributed by atoms with Crippen molar-refractivity contribution in [3.8, 4) is 5.75 Å². The van der Waals surface area contributed by atoms with E-state index in [0.717, 1.165) is 43.5 Å². The van der Waals surface area contributed by atoms with Gasteiger partial charge in [0.15, 0.2) is 0 Å². The van der Waals surface area contributed by atoms with Gasteiger partial charge < -0.3 is 15.4 Å². The van der Waals surface area contributed by atoms with Crippen molar-refractivity contribution >= 4 is 42.1 Å². The maximum Gasteiger partial charge on any atom is 0.273 e. The molecule has 150 valence electrons. The van der Waals surface area contributed by atoms with Gasteiger partial charge in [0.1, 0.15) is 16.5 Å². The predicted molar refractivity (Wildman–Crippen MR) is 113 cm³/mol. The van der Waals surface area contributed by atoms with Crippen molar-refractivity contribution in [3.63, 3.8) is 0 Å².